The van der Waals surface area contributed by atoms with Gasteiger partial charge in [0.05, 0.1) is 5.56 Å². The third-order valence-electron chi connectivity index (χ3n) is 1.92. The molecule has 0 aliphatic heterocycles. The summed E-state index contributed by atoms with van der Waals surface area (Å²) in [7, 11) is 0. The van der Waals surface area contributed by atoms with E-state index in [1.807, 2.05) is 0 Å². The van der Waals surface area contributed by atoms with Crippen molar-refractivity contribution in [3.63, 3.8) is 0 Å². The summed E-state index contributed by atoms with van der Waals surface area (Å²) in [4.78, 5) is 15.4. The van der Waals surface area contributed by atoms with Crippen molar-refractivity contribution in [3.05, 3.63) is 39.9 Å². The molecule has 2 aromatic rings. The standard InChI is InChI=1S/C10H7BrFN3O2/c1-5-13-10(17-15-5)14-9(16)7-3-2-6(11)4-8(7)12/h2-4H,1H3,(H,13,14,15,16). The van der Waals surface area contributed by atoms with Crippen molar-refractivity contribution in [1.29, 1.82) is 0 Å². The molecule has 0 bridgehead atoms. The summed E-state index contributed by atoms with van der Waals surface area (Å²) < 4.78 is 18.7. The van der Waals surface area contributed by atoms with Crippen LogP contribution >= 0.6 is 15.9 Å². The van der Waals surface area contributed by atoms with Gasteiger partial charge in [-0.25, -0.2) is 4.39 Å². The van der Waals surface area contributed by atoms with Crippen LogP contribution in [0.15, 0.2) is 27.2 Å². The number of halogens is 2. The first kappa shape index (κ1) is 11.7. The second-order valence-corrected chi connectivity index (χ2v) is 4.14. The molecule has 0 radical (unpaired) electrons. The topological polar surface area (TPSA) is 68.0 Å². The summed E-state index contributed by atoms with van der Waals surface area (Å²) in [5.74, 6) is -0.886. The fourth-order valence-corrected chi connectivity index (χ4v) is 1.52. The van der Waals surface area contributed by atoms with E-state index in [2.05, 4.69) is 31.4 Å². The Hall–Kier alpha value is -1.76. The lowest BCUT2D eigenvalue weighted by Gasteiger charge is -2.02. The first-order valence-electron chi connectivity index (χ1n) is 4.63. The number of nitrogens with zero attached hydrogens (tertiary/aromatic N) is 2. The number of aryl methyl sites for hydroxylation is 1. The van der Waals surface area contributed by atoms with Gasteiger partial charge in [0.2, 0.25) is 0 Å². The molecule has 88 valence electrons. The van der Waals surface area contributed by atoms with Crippen molar-refractivity contribution < 1.29 is 13.7 Å². The zero-order valence-corrected chi connectivity index (χ0v) is 10.3. The summed E-state index contributed by atoms with van der Waals surface area (Å²) in [5.41, 5.74) is -0.0935. The summed E-state index contributed by atoms with van der Waals surface area (Å²) in [6, 6.07) is 4.07. The molecule has 0 aliphatic carbocycles. The Morgan fingerprint density at radius 3 is 2.88 bits per heavy atom. The SMILES string of the molecule is Cc1noc(NC(=O)c2ccc(Br)cc2F)n1. The van der Waals surface area contributed by atoms with Gasteiger partial charge in [0, 0.05) is 4.47 Å². The maximum absolute atomic E-state index is 13.5. The molecule has 1 amide bonds. The smallest absolute Gasteiger partial charge is 0.315 e. The molecule has 1 aromatic heterocycles. The van der Waals surface area contributed by atoms with Gasteiger partial charge in [-0.05, 0) is 25.1 Å². The fraction of sp³-hybridized carbons (Fsp3) is 0.100. The maximum Gasteiger partial charge on any atom is 0.328 e. The van der Waals surface area contributed by atoms with Gasteiger partial charge in [-0.15, -0.1) is 0 Å². The van der Waals surface area contributed by atoms with Crippen molar-refractivity contribution in [2.45, 2.75) is 6.92 Å². The van der Waals surface area contributed by atoms with Crippen molar-refractivity contribution >= 4 is 27.9 Å². The summed E-state index contributed by atoms with van der Waals surface area (Å²) in [6.07, 6.45) is 0. The monoisotopic (exact) mass is 299 g/mol. The zero-order chi connectivity index (χ0) is 12.4. The molecule has 0 fully saturated rings. The van der Waals surface area contributed by atoms with Crippen LogP contribution in [0.5, 0.6) is 0 Å². The molecule has 0 saturated heterocycles. The van der Waals surface area contributed by atoms with Gasteiger partial charge in [-0.3, -0.25) is 10.1 Å². The van der Waals surface area contributed by atoms with Crippen LogP contribution in [0, 0.1) is 12.7 Å². The molecule has 7 heteroatoms. The van der Waals surface area contributed by atoms with Gasteiger partial charge in [0.15, 0.2) is 5.82 Å². The molecule has 2 rings (SSSR count). The van der Waals surface area contributed by atoms with Gasteiger partial charge >= 0.3 is 6.01 Å². The minimum absolute atomic E-state index is 0.0604. The van der Waals surface area contributed by atoms with E-state index >= 15 is 0 Å². The lowest BCUT2D eigenvalue weighted by atomic mass is 10.2. The Morgan fingerprint density at radius 1 is 1.53 bits per heavy atom. The minimum atomic E-state index is -0.640. The predicted molar refractivity (Wildman–Crippen MR) is 61.1 cm³/mol. The quantitative estimate of drug-likeness (QED) is 0.925. The zero-order valence-electron chi connectivity index (χ0n) is 8.70. The van der Waals surface area contributed by atoms with E-state index in [-0.39, 0.29) is 11.6 Å². The van der Waals surface area contributed by atoms with E-state index in [0.29, 0.717) is 10.3 Å². The van der Waals surface area contributed by atoms with Crippen molar-refractivity contribution in [3.8, 4) is 0 Å². The van der Waals surface area contributed by atoms with E-state index in [1.54, 1.807) is 13.0 Å². The average Bonchev–Trinajstić information content (AvgIpc) is 2.63. The Balaban J connectivity index is 2.20. The number of carbonyl (C=O) groups is 1. The van der Waals surface area contributed by atoms with Gasteiger partial charge < -0.3 is 4.52 Å². The molecule has 1 N–H and O–H groups in total. The highest BCUT2D eigenvalue weighted by atomic mass is 79.9. The Kier molecular flexibility index (Phi) is 3.19. The second kappa shape index (κ2) is 4.62. The van der Waals surface area contributed by atoms with E-state index in [9.17, 15) is 9.18 Å². The molecule has 1 aromatic carbocycles. The van der Waals surface area contributed by atoms with Gasteiger partial charge in [0.1, 0.15) is 5.82 Å². The van der Waals surface area contributed by atoms with Gasteiger partial charge in [-0.2, -0.15) is 4.98 Å². The number of amides is 1. The summed E-state index contributed by atoms with van der Waals surface area (Å²) in [5, 5.41) is 5.80. The molecule has 0 unspecified atom stereocenters. The van der Waals surface area contributed by atoms with E-state index in [0.717, 1.165) is 0 Å². The highest BCUT2D eigenvalue weighted by Gasteiger charge is 2.14. The Morgan fingerprint density at radius 2 is 2.29 bits per heavy atom. The fourth-order valence-electron chi connectivity index (χ4n) is 1.19. The van der Waals surface area contributed by atoms with Crippen LogP contribution in [-0.4, -0.2) is 16.0 Å². The molecule has 0 atom stereocenters. The number of carbonyl (C=O) groups excluding carboxylic acids is 1. The normalized spacial score (nSPS) is 10.3. The van der Waals surface area contributed by atoms with Crippen LogP contribution in [0.25, 0.3) is 0 Å². The summed E-state index contributed by atoms with van der Waals surface area (Å²) in [6.45, 7) is 1.61. The summed E-state index contributed by atoms with van der Waals surface area (Å²) >= 11 is 3.10. The van der Waals surface area contributed by atoms with Crippen molar-refractivity contribution in [2.24, 2.45) is 0 Å². The molecular formula is C10H7BrFN3O2. The number of rotatable bonds is 2. The second-order valence-electron chi connectivity index (χ2n) is 3.23. The molecular weight excluding hydrogens is 293 g/mol. The van der Waals surface area contributed by atoms with Crippen molar-refractivity contribution in [1.82, 2.24) is 10.1 Å². The number of aromatic nitrogens is 2. The van der Waals surface area contributed by atoms with E-state index < -0.39 is 11.7 Å². The largest absolute Gasteiger partial charge is 0.328 e. The molecule has 0 spiro atoms. The molecule has 5 nitrogen and oxygen atoms in total. The number of hydrogen-bond donors (Lipinski definition) is 1. The molecule has 0 saturated carbocycles. The average molecular weight is 300 g/mol. The maximum atomic E-state index is 13.5. The third kappa shape index (κ3) is 2.68. The van der Waals surface area contributed by atoms with Crippen LogP contribution in [0.1, 0.15) is 16.2 Å². The van der Waals surface area contributed by atoms with Crippen LogP contribution in [0.4, 0.5) is 10.4 Å². The van der Waals surface area contributed by atoms with Crippen molar-refractivity contribution in [2.75, 3.05) is 5.32 Å². The number of hydrogen-bond acceptors (Lipinski definition) is 4. The lowest BCUT2D eigenvalue weighted by Crippen LogP contribution is -2.13. The number of nitrogens with one attached hydrogen (secondary N) is 1. The third-order valence-corrected chi connectivity index (χ3v) is 2.42. The predicted octanol–water partition coefficient (Wildman–Crippen LogP) is 2.53. The first-order valence-corrected chi connectivity index (χ1v) is 5.42. The van der Waals surface area contributed by atoms with Gasteiger partial charge in [-0.1, -0.05) is 21.1 Å². The highest BCUT2D eigenvalue weighted by Crippen LogP contribution is 2.16. The minimum Gasteiger partial charge on any atom is -0.315 e. The number of anilines is 1. The number of benzene rings is 1. The molecule has 0 aliphatic rings. The molecule has 17 heavy (non-hydrogen) atoms. The Labute approximate surface area is 104 Å². The first-order chi connectivity index (χ1) is 8.06. The van der Waals surface area contributed by atoms with Gasteiger partial charge in [0.25, 0.3) is 5.91 Å². The van der Waals surface area contributed by atoms with Crippen LogP contribution < -0.4 is 5.32 Å². The van der Waals surface area contributed by atoms with Crippen LogP contribution in [0.3, 0.4) is 0 Å². The lowest BCUT2D eigenvalue weighted by molar-refractivity contribution is 0.101. The van der Waals surface area contributed by atoms with E-state index in [1.165, 1.54) is 12.1 Å². The molecule has 1 heterocycles. The van der Waals surface area contributed by atoms with Crippen LogP contribution in [0.2, 0.25) is 0 Å². The Bertz CT molecular complexity index is 570. The van der Waals surface area contributed by atoms with Crippen LogP contribution in [-0.2, 0) is 0 Å². The highest BCUT2D eigenvalue weighted by molar-refractivity contribution is 9.10. The van der Waals surface area contributed by atoms with E-state index in [4.69, 9.17) is 4.52 Å².